The molecule has 5 nitrogen and oxygen atoms in total. The second kappa shape index (κ2) is 10.2. The van der Waals surface area contributed by atoms with Gasteiger partial charge in [0.1, 0.15) is 11.6 Å². The molecule has 0 radical (unpaired) electrons. The van der Waals surface area contributed by atoms with Gasteiger partial charge in [0.15, 0.2) is 0 Å². The lowest BCUT2D eigenvalue weighted by atomic mass is 9.48. The van der Waals surface area contributed by atoms with E-state index in [0.717, 1.165) is 53.5 Å². The first kappa shape index (κ1) is 26.1. The maximum Gasteiger partial charge on any atom is 0.264 e. The second-order valence-corrected chi connectivity index (χ2v) is 13.2. The number of rotatable bonds is 5. The lowest BCUT2D eigenvalue weighted by Crippen LogP contribution is -2.49. The van der Waals surface area contributed by atoms with Gasteiger partial charge in [-0.1, -0.05) is 30.3 Å². The van der Waals surface area contributed by atoms with E-state index >= 15 is 0 Å². The molecule has 1 saturated heterocycles. The summed E-state index contributed by atoms with van der Waals surface area (Å²) in [4.78, 5) is 17.5. The highest BCUT2D eigenvalue weighted by molar-refractivity contribution is 6.02. The maximum atomic E-state index is 13.4. The zero-order chi connectivity index (χ0) is 28.1. The Morgan fingerprint density at radius 3 is 2.05 bits per heavy atom. The maximum absolute atomic E-state index is 13.4. The molecule has 4 aliphatic carbocycles. The van der Waals surface area contributed by atoms with Gasteiger partial charge in [-0.3, -0.25) is 4.79 Å². The number of nitriles is 1. The fraction of sp³-hybridized carbons (Fsp3) is 0.444. The number of aromatic nitrogens is 1. The first-order chi connectivity index (χ1) is 19.9. The molecule has 4 bridgehead atoms. The summed E-state index contributed by atoms with van der Waals surface area (Å²) < 4.78 is 2.26. The van der Waals surface area contributed by atoms with Gasteiger partial charge >= 0.3 is 0 Å². The average molecular weight is 545 g/mol. The lowest BCUT2D eigenvalue weighted by molar-refractivity contribution is -0.126. The van der Waals surface area contributed by atoms with Crippen molar-refractivity contribution < 1.29 is 4.79 Å². The van der Waals surface area contributed by atoms with Crippen LogP contribution >= 0.6 is 0 Å². The van der Waals surface area contributed by atoms with Crippen LogP contribution in [0.5, 0.6) is 0 Å². The Morgan fingerprint density at radius 1 is 0.854 bits per heavy atom. The molecule has 1 amide bonds. The molecule has 0 atom stereocenters. The van der Waals surface area contributed by atoms with Gasteiger partial charge in [0.2, 0.25) is 0 Å². The van der Waals surface area contributed by atoms with Gasteiger partial charge in [0, 0.05) is 48.9 Å². The van der Waals surface area contributed by atoms with E-state index in [1.54, 1.807) is 6.08 Å². The van der Waals surface area contributed by atoms with E-state index in [0.29, 0.717) is 18.5 Å². The number of carbonyl (C=O) groups is 1. The zero-order valence-corrected chi connectivity index (χ0v) is 24.4. The Kier molecular flexibility index (Phi) is 6.53. The highest BCUT2D eigenvalue weighted by atomic mass is 16.2. The average Bonchev–Trinajstić information content (AvgIpc) is 3.27. The highest BCUT2D eigenvalue weighted by Gasteiger charge is 2.51. The predicted molar refractivity (Wildman–Crippen MR) is 164 cm³/mol. The van der Waals surface area contributed by atoms with Crippen LogP contribution in [0.4, 0.5) is 5.69 Å². The topological polar surface area (TPSA) is 52.3 Å². The molecular weight excluding hydrogens is 504 g/mol. The molecule has 0 spiro atoms. The largest absolute Gasteiger partial charge is 0.368 e. The summed E-state index contributed by atoms with van der Waals surface area (Å²) in [5, 5.41) is 9.97. The number of nitrogens with zero attached hydrogens (tertiary/aromatic N) is 4. The van der Waals surface area contributed by atoms with Crippen LogP contribution in [0, 0.1) is 42.9 Å². The number of carbonyl (C=O) groups excluding carboxylic acids is 1. The van der Waals surface area contributed by atoms with Crippen molar-refractivity contribution in [3.8, 4) is 11.8 Å². The second-order valence-electron chi connectivity index (χ2n) is 13.2. The van der Waals surface area contributed by atoms with Gasteiger partial charge in [-0.2, -0.15) is 5.26 Å². The van der Waals surface area contributed by atoms with Crippen LogP contribution in [0.3, 0.4) is 0 Å². The highest BCUT2D eigenvalue weighted by Crippen LogP contribution is 2.60. The molecule has 8 rings (SSSR count). The quantitative estimate of drug-likeness (QED) is 0.262. The summed E-state index contributed by atoms with van der Waals surface area (Å²) in [5.74, 6) is 2.64. The summed E-state index contributed by atoms with van der Waals surface area (Å²) in [5.41, 5.74) is 7.56. The minimum absolute atomic E-state index is 0.176. The van der Waals surface area contributed by atoms with Gasteiger partial charge in [-0.15, -0.1) is 0 Å². The molecule has 5 heteroatoms. The van der Waals surface area contributed by atoms with Gasteiger partial charge in [0.05, 0.1) is 0 Å². The molecule has 5 fully saturated rings. The Hall–Kier alpha value is -3.78. The van der Waals surface area contributed by atoms with E-state index in [9.17, 15) is 10.1 Å². The van der Waals surface area contributed by atoms with Crippen LogP contribution in [0.15, 0.2) is 66.2 Å². The summed E-state index contributed by atoms with van der Waals surface area (Å²) in [6.45, 7) is 6.95. The number of aryl methyl sites for hydroxylation is 1. The number of anilines is 1. The van der Waals surface area contributed by atoms with Crippen LogP contribution in [-0.2, 0) is 10.2 Å². The minimum atomic E-state index is -0.176. The van der Waals surface area contributed by atoms with Crippen molar-refractivity contribution in [3.05, 3.63) is 88.8 Å². The van der Waals surface area contributed by atoms with Crippen molar-refractivity contribution in [1.29, 1.82) is 5.26 Å². The van der Waals surface area contributed by atoms with Gasteiger partial charge in [0.25, 0.3) is 5.91 Å². The number of hydrogen-bond donors (Lipinski definition) is 0. The Labute approximate surface area is 244 Å². The molecule has 0 unspecified atom stereocenters. The Balaban J connectivity index is 1.08. The van der Waals surface area contributed by atoms with Crippen molar-refractivity contribution in [2.45, 2.75) is 57.8 Å². The molecular formula is C36H40N4O. The molecule has 1 aromatic heterocycles. The number of amides is 1. The molecule has 1 aliphatic heterocycles. The standard InChI is InChI=1S/C36H40N4O/c1-25-16-30(20-31(24-37)35(41)39-14-12-38(13-15-39)33-6-4-3-5-7-33)26(2)40(25)34-10-8-32(9-11-34)36-21-27-17-28(22-36)19-29(18-27)23-36/h3-11,16,20,27-29H,12-15,17-19,21-23H2,1-2H3. The minimum Gasteiger partial charge on any atom is -0.368 e. The summed E-state index contributed by atoms with van der Waals surface area (Å²) in [6, 6.07) is 23.9. The smallest absolute Gasteiger partial charge is 0.264 e. The molecule has 5 aliphatic rings. The van der Waals surface area contributed by atoms with Gasteiger partial charge in [-0.25, -0.2) is 0 Å². The molecule has 3 aromatic rings. The van der Waals surface area contributed by atoms with Crippen LogP contribution < -0.4 is 4.90 Å². The molecule has 2 aromatic carbocycles. The third-order valence-electron chi connectivity index (χ3n) is 10.6. The number of hydrogen-bond acceptors (Lipinski definition) is 3. The van der Waals surface area contributed by atoms with Crippen molar-refractivity contribution in [3.63, 3.8) is 0 Å². The fourth-order valence-corrected chi connectivity index (χ4v) is 9.03. The van der Waals surface area contributed by atoms with Crippen LogP contribution in [-0.4, -0.2) is 41.6 Å². The lowest BCUT2D eigenvalue weighted by Gasteiger charge is -2.57. The summed E-state index contributed by atoms with van der Waals surface area (Å²) in [7, 11) is 0. The molecule has 4 saturated carbocycles. The molecule has 41 heavy (non-hydrogen) atoms. The van der Waals surface area contributed by atoms with Crippen molar-refractivity contribution in [1.82, 2.24) is 9.47 Å². The van der Waals surface area contributed by atoms with Gasteiger partial charge in [-0.05, 0) is 123 Å². The van der Waals surface area contributed by atoms with E-state index in [2.05, 4.69) is 71.8 Å². The molecule has 2 heterocycles. The summed E-state index contributed by atoms with van der Waals surface area (Å²) >= 11 is 0. The first-order valence-corrected chi connectivity index (χ1v) is 15.4. The third kappa shape index (κ3) is 4.68. The molecule has 0 N–H and O–H groups in total. The number of para-hydroxylation sites is 1. The number of benzene rings is 2. The normalized spacial score (nSPS) is 27.2. The van der Waals surface area contributed by atoms with Crippen molar-refractivity contribution >= 4 is 17.7 Å². The zero-order valence-electron chi connectivity index (χ0n) is 24.4. The monoisotopic (exact) mass is 544 g/mol. The molecule has 210 valence electrons. The Bertz CT molecular complexity index is 1480. The predicted octanol–water partition coefficient (Wildman–Crippen LogP) is 6.82. The SMILES string of the molecule is Cc1cc(C=C(C#N)C(=O)N2CCN(c3ccccc3)CC2)c(C)n1-c1ccc(C23CC4CC(CC(C4)C2)C3)cc1. The van der Waals surface area contributed by atoms with E-state index in [-0.39, 0.29) is 11.5 Å². The third-order valence-corrected chi connectivity index (χ3v) is 10.6. The van der Waals surface area contributed by atoms with E-state index in [1.165, 1.54) is 49.8 Å². The van der Waals surface area contributed by atoms with E-state index in [1.807, 2.05) is 23.1 Å². The fourth-order valence-electron chi connectivity index (χ4n) is 9.03. The Morgan fingerprint density at radius 2 is 1.46 bits per heavy atom. The van der Waals surface area contributed by atoms with E-state index < -0.39 is 0 Å². The first-order valence-electron chi connectivity index (χ1n) is 15.4. The van der Waals surface area contributed by atoms with Crippen LogP contribution in [0.25, 0.3) is 11.8 Å². The van der Waals surface area contributed by atoms with Crippen molar-refractivity contribution in [2.24, 2.45) is 17.8 Å². The van der Waals surface area contributed by atoms with Crippen LogP contribution in [0.2, 0.25) is 0 Å². The van der Waals surface area contributed by atoms with E-state index in [4.69, 9.17) is 0 Å². The van der Waals surface area contributed by atoms with Crippen LogP contribution in [0.1, 0.15) is 61.0 Å². The number of piperazine rings is 1. The van der Waals surface area contributed by atoms with Gasteiger partial charge < -0.3 is 14.4 Å². The van der Waals surface area contributed by atoms with Crippen molar-refractivity contribution in [2.75, 3.05) is 31.1 Å². The summed E-state index contributed by atoms with van der Waals surface area (Å²) in [6.07, 6.45) is 10.3.